The summed E-state index contributed by atoms with van der Waals surface area (Å²) in [7, 11) is 0. The van der Waals surface area contributed by atoms with E-state index in [-0.39, 0.29) is 17.2 Å². The van der Waals surface area contributed by atoms with Crippen molar-refractivity contribution in [3.8, 4) is 0 Å². The molecule has 170 valence electrons. The highest BCUT2D eigenvalue weighted by Gasteiger charge is 2.22. The molecule has 4 rings (SSSR count). The van der Waals surface area contributed by atoms with E-state index in [1.54, 1.807) is 6.20 Å². The highest BCUT2D eigenvalue weighted by Crippen LogP contribution is 2.27. The van der Waals surface area contributed by atoms with Crippen molar-refractivity contribution in [3.05, 3.63) is 101 Å². The van der Waals surface area contributed by atoms with Gasteiger partial charge in [-0.25, -0.2) is 9.50 Å². The first-order chi connectivity index (χ1) is 15.9. The second-order valence-electron chi connectivity index (χ2n) is 9.44. The number of amides is 1. The van der Waals surface area contributed by atoms with Crippen LogP contribution in [0.1, 0.15) is 72.9 Å². The van der Waals surface area contributed by atoms with Crippen molar-refractivity contribution in [2.45, 2.75) is 51.9 Å². The predicted molar refractivity (Wildman–Crippen MR) is 133 cm³/mol. The zero-order valence-corrected chi connectivity index (χ0v) is 19.9. The number of benzene rings is 2. The largest absolute Gasteiger partial charge is 0.352 e. The molecular weight excluding hydrogens is 408 g/mol. The van der Waals surface area contributed by atoms with Crippen molar-refractivity contribution in [3.63, 3.8) is 0 Å². The number of carbonyl (C=O) groups is 1. The molecule has 0 radical (unpaired) electrons. The molecule has 0 fully saturated rings. The average molecular weight is 441 g/mol. The van der Waals surface area contributed by atoms with E-state index in [1.807, 2.05) is 29.6 Å². The van der Waals surface area contributed by atoms with Gasteiger partial charge in [-0.3, -0.25) is 4.79 Å². The van der Waals surface area contributed by atoms with E-state index in [2.05, 4.69) is 79.6 Å². The normalized spacial score (nSPS) is 11.8. The minimum Gasteiger partial charge on any atom is -0.352 e. The van der Waals surface area contributed by atoms with Gasteiger partial charge in [0, 0.05) is 30.1 Å². The number of hydrogen-bond donors (Lipinski definition) is 1. The molecule has 0 aliphatic rings. The Labute approximate surface area is 195 Å². The Kier molecular flexibility index (Phi) is 6.59. The predicted octanol–water partition coefficient (Wildman–Crippen LogP) is 5.54. The van der Waals surface area contributed by atoms with Gasteiger partial charge in [0.1, 0.15) is 0 Å². The summed E-state index contributed by atoms with van der Waals surface area (Å²) < 4.78 is 1.83. The Morgan fingerprint density at radius 2 is 1.61 bits per heavy atom. The first kappa shape index (κ1) is 22.7. The summed E-state index contributed by atoms with van der Waals surface area (Å²) in [4.78, 5) is 17.7. The van der Waals surface area contributed by atoms with E-state index in [1.165, 1.54) is 11.1 Å². The average Bonchev–Trinajstić information content (AvgIpc) is 3.27. The van der Waals surface area contributed by atoms with Crippen molar-refractivity contribution in [1.82, 2.24) is 19.9 Å². The molecule has 2 aromatic heterocycles. The molecule has 33 heavy (non-hydrogen) atoms. The molecule has 4 aromatic rings. The van der Waals surface area contributed by atoms with Crippen LogP contribution in [-0.4, -0.2) is 27.0 Å². The maximum Gasteiger partial charge on any atom is 0.254 e. The number of hydrogen-bond acceptors (Lipinski definition) is 3. The minimum atomic E-state index is -0.103. The zero-order valence-electron chi connectivity index (χ0n) is 19.9. The highest BCUT2D eigenvalue weighted by molar-refractivity contribution is 5.95. The van der Waals surface area contributed by atoms with Gasteiger partial charge in [-0.05, 0) is 24.0 Å². The number of fused-ring (bicyclic) bond motifs is 1. The molecule has 0 spiro atoms. The Morgan fingerprint density at radius 3 is 2.15 bits per heavy atom. The Morgan fingerprint density at radius 1 is 1.00 bits per heavy atom. The monoisotopic (exact) mass is 440 g/mol. The number of nitrogens with zero attached hydrogens (tertiary/aromatic N) is 3. The summed E-state index contributed by atoms with van der Waals surface area (Å²) >= 11 is 0. The molecule has 2 aromatic carbocycles. The second-order valence-corrected chi connectivity index (χ2v) is 9.44. The summed E-state index contributed by atoms with van der Waals surface area (Å²) in [6.07, 6.45) is 3.19. The smallest absolute Gasteiger partial charge is 0.254 e. The molecule has 0 aliphatic heterocycles. The maximum atomic E-state index is 13.1. The van der Waals surface area contributed by atoms with Crippen LogP contribution in [0.4, 0.5) is 0 Å². The van der Waals surface area contributed by atoms with Gasteiger partial charge in [0.05, 0.1) is 17.0 Å². The van der Waals surface area contributed by atoms with Crippen molar-refractivity contribution >= 4 is 11.6 Å². The van der Waals surface area contributed by atoms with E-state index < -0.39 is 0 Å². The third-order valence-electron chi connectivity index (χ3n) is 6.05. The highest BCUT2D eigenvalue weighted by atomic mass is 16.1. The summed E-state index contributed by atoms with van der Waals surface area (Å²) in [5.74, 6) is 0.119. The van der Waals surface area contributed by atoms with Gasteiger partial charge in [-0.15, -0.1) is 0 Å². The van der Waals surface area contributed by atoms with Crippen LogP contribution in [0.2, 0.25) is 0 Å². The zero-order chi connectivity index (χ0) is 23.4. The van der Waals surface area contributed by atoms with Gasteiger partial charge >= 0.3 is 0 Å². The SMILES string of the molecule is CCc1c(C(=O)NCCC(c2ccccc2)c2ccccc2)cnc2cc(C(C)(C)C)nn12. The van der Waals surface area contributed by atoms with Gasteiger partial charge in [0.2, 0.25) is 0 Å². The van der Waals surface area contributed by atoms with Crippen molar-refractivity contribution in [2.24, 2.45) is 0 Å². The summed E-state index contributed by atoms with van der Waals surface area (Å²) in [5, 5.41) is 7.89. The maximum absolute atomic E-state index is 13.1. The molecule has 5 heteroatoms. The fourth-order valence-electron chi connectivity index (χ4n) is 4.20. The topological polar surface area (TPSA) is 59.3 Å². The molecule has 2 heterocycles. The fraction of sp³-hybridized carbons (Fsp3) is 0.321. The molecule has 0 unspecified atom stereocenters. The lowest BCUT2D eigenvalue weighted by Crippen LogP contribution is -2.28. The van der Waals surface area contributed by atoms with E-state index >= 15 is 0 Å². The summed E-state index contributed by atoms with van der Waals surface area (Å²) in [6, 6.07) is 22.9. The van der Waals surface area contributed by atoms with E-state index in [0.29, 0.717) is 18.5 Å². The van der Waals surface area contributed by atoms with Crippen LogP contribution in [0.15, 0.2) is 72.9 Å². The Bertz CT molecular complexity index is 1180. The van der Waals surface area contributed by atoms with Crippen LogP contribution < -0.4 is 5.32 Å². The molecule has 0 atom stereocenters. The fourth-order valence-corrected chi connectivity index (χ4v) is 4.20. The van der Waals surface area contributed by atoms with Crippen LogP contribution in [0.5, 0.6) is 0 Å². The Hall–Kier alpha value is -3.47. The van der Waals surface area contributed by atoms with Crippen LogP contribution in [0, 0.1) is 0 Å². The minimum absolute atomic E-state index is 0.0784. The number of aryl methyl sites for hydroxylation is 1. The number of carbonyl (C=O) groups excluding carboxylic acids is 1. The second kappa shape index (κ2) is 9.57. The third kappa shape index (κ3) is 4.98. The van der Waals surface area contributed by atoms with Crippen molar-refractivity contribution in [2.75, 3.05) is 6.54 Å². The third-order valence-corrected chi connectivity index (χ3v) is 6.05. The van der Waals surface area contributed by atoms with E-state index in [4.69, 9.17) is 5.10 Å². The molecule has 5 nitrogen and oxygen atoms in total. The van der Waals surface area contributed by atoms with Crippen LogP contribution >= 0.6 is 0 Å². The summed E-state index contributed by atoms with van der Waals surface area (Å²) in [5.41, 5.74) is 5.64. The van der Waals surface area contributed by atoms with Gasteiger partial charge in [-0.1, -0.05) is 88.4 Å². The number of nitrogens with one attached hydrogen (secondary N) is 1. The molecule has 0 bridgehead atoms. The van der Waals surface area contributed by atoms with Gasteiger partial charge in [-0.2, -0.15) is 5.10 Å². The van der Waals surface area contributed by atoms with Crippen molar-refractivity contribution in [1.29, 1.82) is 0 Å². The van der Waals surface area contributed by atoms with Crippen LogP contribution in [0.3, 0.4) is 0 Å². The first-order valence-corrected chi connectivity index (χ1v) is 11.6. The first-order valence-electron chi connectivity index (χ1n) is 11.6. The lowest BCUT2D eigenvalue weighted by molar-refractivity contribution is 0.0950. The standard InChI is InChI=1S/C28H32N4O/c1-5-24-23(19-30-26-18-25(28(2,3)4)31-32(24)26)27(33)29-17-16-22(20-12-8-6-9-13-20)21-14-10-7-11-15-21/h6-15,18-19,22H,5,16-17H2,1-4H3,(H,29,33). The van der Waals surface area contributed by atoms with Gasteiger partial charge in [0.25, 0.3) is 5.91 Å². The van der Waals surface area contributed by atoms with Gasteiger partial charge in [0.15, 0.2) is 5.65 Å². The van der Waals surface area contributed by atoms with E-state index in [0.717, 1.165) is 23.5 Å². The molecule has 1 amide bonds. The molecule has 0 saturated heterocycles. The lowest BCUT2D eigenvalue weighted by atomic mass is 9.88. The number of rotatable bonds is 7. The Balaban J connectivity index is 1.53. The molecular formula is C28H32N4O. The van der Waals surface area contributed by atoms with Gasteiger partial charge < -0.3 is 5.32 Å². The lowest BCUT2D eigenvalue weighted by Gasteiger charge is -2.19. The van der Waals surface area contributed by atoms with Crippen LogP contribution in [-0.2, 0) is 11.8 Å². The summed E-state index contributed by atoms with van der Waals surface area (Å²) in [6.45, 7) is 9.00. The molecule has 1 N–H and O–H groups in total. The molecule has 0 saturated carbocycles. The number of aromatic nitrogens is 3. The quantitative estimate of drug-likeness (QED) is 0.410. The molecule has 0 aliphatic carbocycles. The van der Waals surface area contributed by atoms with E-state index in [9.17, 15) is 4.79 Å². The van der Waals surface area contributed by atoms with Crippen LogP contribution in [0.25, 0.3) is 5.65 Å². The van der Waals surface area contributed by atoms with Crippen molar-refractivity contribution < 1.29 is 4.79 Å².